The van der Waals surface area contributed by atoms with Crippen molar-refractivity contribution in [3.8, 4) is 0 Å². The second-order valence-electron chi connectivity index (χ2n) is 4.10. The lowest BCUT2D eigenvalue weighted by molar-refractivity contribution is 0.0754. The number of imidazole rings is 1. The molecule has 96 valence electrons. The van der Waals surface area contributed by atoms with Crippen LogP contribution in [0.4, 0.5) is 0 Å². The maximum absolute atomic E-state index is 12.3. The Kier molecular flexibility index (Phi) is 3.94. The number of benzene rings is 1. The third-order valence-electron chi connectivity index (χ3n) is 2.92. The quantitative estimate of drug-likeness (QED) is 0.839. The summed E-state index contributed by atoms with van der Waals surface area (Å²) >= 11 is 0. The van der Waals surface area contributed by atoms with Crippen molar-refractivity contribution in [3.63, 3.8) is 0 Å². The van der Waals surface area contributed by atoms with Gasteiger partial charge in [-0.15, -0.1) is 0 Å². The lowest BCUT2D eigenvalue weighted by Crippen LogP contribution is -2.32. The molecule has 0 radical (unpaired) electrons. The van der Waals surface area contributed by atoms with Crippen LogP contribution >= 0.6 is 0 Å². The van der Waals surface area contributed by atoms with E-state index in [1.807, 2.05) is 19.1 Å². The van der Waals surface area contributed by atoms with Crippen LogP contribution in [0.25, 0.3) is 11.0 Å². The van der Waals surface area contributed by atoms with Crippen LogP contribution in [0.3, 0.4) is 0 Å². The highest BCUT2D eigenvalue weighted by Gasteiger charge is 2.14. The van der Waals surface area contributed by atoms with E-state index in [9.17, 15) is 4.79 Å². The van der Waals surface area contributed by atoms with Crippen LogP contribution in [0.5, 0.6) is 0 Å². The molecule has 0 aliphatic carbocycles. The van der Waals surface area contributed by atoms with Gasteiger partial charge in [-0.1, -0.05) is 0 Å². The van der Waals surface area contributed by atoms with Crippen molar-refractivity contribution >= 4 is 16.9 Å². The van der Waals surface area contributed by atoms with Crippen LogP contribution in [-0.4, -0.2) is 45.6 Å². The number of aliphatic hydroxyl groups is 1. The van der Waals surface area contributed by atoms with Gasteiger partial charge in [0.25, 0.3) is 5.91 Å². The van der Waals surface area contributed by atoms with Crippen LogP contribution in [0, 0.1) is 0 Å². The largest absolute Gasteiger partial charge is 0.396 e. The first-order valence-corrected chi connectivity index (χ1v) is 6.09. The number of fused-ring (bicyclic) bond motifs is 1. The fourth-order valence-electron chi connectivity index (χ4n) is 1.92. The second kappa shape index (κ2) is 5.64. The first-order valence-electron chi connectivity index (χ1n) is 6.09. The molecule has 1 aromatic heterocycles. The van der Waals surface area contributed by atoms with Gasteiger partial charge in [-0.05, 0) is 31.5 Å². The Morgan fingerprint density at radius 2 is 2.33 bits per heavy atom. The molecular formula is C13H17N3O2. The van der Waals surface area contributed by atoms with E-state index < -0.39 is 0 Å². The Bertz CT molecular complexity index is 536. The Balaban J connectivity index is 2.20. The molecule has 0 aliphatic heterocycles. The van der Waals surface area contributed by atoms with Gasteiger partial charge in [0.05, 0.1) is 17.4 Å². The molecular weight excluding hydrogens is 230 g/mol. The third kappa shape index (κ3) is 2.51. The summed E-state index contributed by atoms with van der Waals surface area (Å²) in [5.74, 6) is -0.0116. The highest BCUT2D eigenvalue weighted by atomic mass is 16.3. The minimum absolute atomic E-state index is 0.0116. The smallest absolute Gasteiger partial charge is 0.253 e. The van der Waals surface area contributed by atoms with Crippen molar-refractivity contribution in [2.45, 2.75) is 13.3 Å². The van der Waals surface area contributed by atoms with Crippen molar-refractivity contribution < 1.29 is 9.90 Å². The topological polar surface area (TPSA) is 69.2 Å². The summed E-state index contributed by atoms with van der Waals surface area (Å²) in [7, 11) is 0. The molecule has 1 amide bonds. The van der Waals surface area contributed by atoms with Gasteiger partial charge in [-0.2, -0.15) is 0 Å². The van der Waals surface area contributed by atoms with Gasteiger partial charge in [-0.25, -0.2) is 4.98 Å². The van der Waals surface area contributed by atoms with Gasteiger partial charge in [0, 0.05) is 25.3 Å². The number of hydrogen-bond acceptors (Lipinski definition) is 3. The number of amides is 1. The lowest BCUT2D eigenvalue weighted by Gasteiger charge is -2.20. The van der Waals surface area contributed by atoms with Gasteiger partial charge in [0.2, 0.25) is 0 Å². The number of carbonyl (C=O) groups excluding carboxylic acids is 1. The number of rotatable bonds is 5. The first-order chi connectivity index (χ1) is 8.76. The molecule has 0 fully saturated rings. The Hall–Kier alpha value is -1.88. The van der Waals surface area contributed by atoms with E-state index >= 15 is 0 Å². The number of hydrogen-bond donors (Lipinski definition) is 2. The summed E-state index contributed by atoms with van der Waals surface area (Å²) in [6, 6.07) is 5.43. The van der Waals surface area contributed by atoms with Crippen LogP contribution in [0.1, 0.15) is 23.7 Å². The van der Waals surface area contributed by atoms with Gasteiger partial charge in [0.15, 0.2) is 0 Å². The van der Waals surface area contributed by atoms with Gasteiger partial charge in [0.1, 0.15) is 0 Å². The Morgan fingerprint density at radius 1 is 1.50 bits per heavy atom. The predicted octanol–water partition coefficient (Wildman–Crippen LogP) is 1.41. The number of nitrogens with zero attached hydrogens (tertiary/aromatic N) is 2. The molecule has 1 aromatic carbocycles. The highest BCUT2D eigenvalue weighted by molar-refractivity contribution is 5.97. The number of H-pyrrole nitrogens is 1. The second-order valence-corrected chi connectivity index (χ2v) is 4.10. The van der Waals surface area contributed by atoms with Crippen molar-refractivity contribution in [2.75, 3.05) is 19.7 Å². The van der Waals surface area contributed by atoms with E-state index in [-0.39, 0.29) is 12.5 Å². The number of nitrogens with one attached hydrogen (secondary N) is 1. The molecule has 0 unspecified atom stereocenters. The summed E-state index contributed by atoms with van der Waals surface area (Å²) in [5, 5.41) is 8.83. The Labute approximate surface area is 105 Å². The van der Waals surface area contributed by atoms with Crippen molar-refractivity contribution in [2.24, 2.45) is 0 Å². The predicted molar refractivity (Wildman–Crippen MR) is 69.4 cm³/mol. The summed E-state index contributed by atoms with van der Waals surface area (Å²) in [6.07, 6.45) is 2.22. The summed E-state index contributed by atoms with van der Waals surface area (Å²) < 4.78 is 0. The zero-order valence-corrected chi connectivity index (χ0v) is 10.4. The van der Waals surface area contributed by atoms with E-state index in [2.05, 4.69) is 9.97 Å². The highest BCUT2D eigenvalue weighted by Crippen LogP contribution is 2.13. The molecule has 0 aliphatic rings. The molecule has 0 saturated heterocycles. The molecule has 0 bridgehead atoms. The zero-order chi connectivity index (χ0) is 13.0. The minimum atomic E-state index is -0.0116. The average molecular weight is 247 g/mol. The summed E-state index contributed by atoms with van der Waals surface area (Å²) in [6.45, 7) is 3.25. The minimum Gasteiger partial charge on any atom is -0.396 e. The average Bonchev–Trinajstić information content (AvgIpc) is 2.86. The molecule has 0 saturated carbocycles. The third-order valence-corrected chi connectivity index (χ3v) is 2.92. The van der Waals surface area contributed by atoms with E-state index in [1.54, 1.807) is 17.3 Å². The maximum atomic E-state index is 12.3. The van der Waals surface area contributed by atoms with E-state index in [1.165, 1.54) is 0 Å². The molecule has 1 heterocycles. The summed E-state index contributed by atoms with van der Waals surface area (Å²) in [5.41, 5.74) is 2.36. The van der Waals surface area contributed by atoms with Crippen molar-refractivity contribution in [1.29, 1.82) is 0 Å². The molecule has 0 atom stereocenters. The number of aromatic nitrogens is 2. The zero-order valence-electron chi connectivity index (χ0n) is 10.4. The van der Waals surface area contributed by atoms with Crippen molar-refractivity contribution in [3.05, 3.63) is 30.1 Å². The van der Waals surface area contributed by atoms with E-state index in [4.69, 9.17) is 5.11 Å². The lowest BCUT2D eigenvalue weighted by atomic mass is 10.1. The molecule has 5 heteroatoms. The van der Waals surface area contributed by atoms with Crippen LogP contribution in [0.15, 0.2) is 24.5 Å². The molecule has 2 N–H and O–H groups in total. The van der Waals surface area contributed by atoms with Gasteiger partial charge >= 0.3 is 0 Å². The molecule has 0 spiro atoms. The van der Waals surface area contributed by atoms with Crippen LogP contribution < -0.4 is 0 Å². The fraction of sp³-hybridized carbons (Fsp3) is 0.385. The van der Waals surface area contributed by atoms with Crippen LogP contribution in [-0.2, 0) is 0 Å². The molecule has 2 rings (SSSR count). The Morgan fingerprint density at radius 3 is 3.06 bits per heavy atom. The summed E-state index contributed by atoms with van der Waals surface area (Å²) in [4.78, 5) is 21.1. The van der Waals surface area contributed by atoms with E-state index in [0.717, 1.165) is 11.0 Å². The number of carbonyl (C=O) groups is 1. The fourth-order valence-corrected chi connectivity index (χ4v) is 1.92. The van der Waals surface area contributed by atoms with Gasteiger partial charge in [-0.3, -0.25) is 4.79 Å². The monoisotopic (exact) mass is 247 g/mol. The normalized spacial score (nSPS) is 10.8. The SMILES string of the molecule is CCN(CCCO)C(=O)c1ccc2nc[nH]c2c1. The standard InChI is InChI=1S/C13H17N3O2/c1-2-16(6-3-7-17)13(18)10-4-5-11-12(8-10)15-9-14-11/h4-5,8-9,17H,2-3,6-7H2,1H3,(H,14,15). The molecule has 5 nitrogen and oxygen atoms in total. The number of aromatic amines is 1. The van der Waals surface area contributed by atoms with E-state index in [0.29, 0.717) is 25.1 Å². The van der Waals surface area contributed by atoms with Crippen LogP contribution in [0.2, 0.25) is 0 Å². The molecule has 18 heavy (non-hydrogen) atoms. The van der Waals surface area contributed by atoms with Crippen molar-refractivity contribution in [1.82, 2.24) is 14.9 Å². The first kappa shape index (κ1) is 12.6. The van der Waals surface area contributed by atoms with Gasteiger partial charge < -0.3 is 15.0 Å². The molecule has 2 aromatic rings. The number of aliphatic hydroxyl groups excluding tert-OH is 1. The maximum Gasteiger partial charge on any atom is 0.253 e.